The van der Waals surface area contributed by atoms with E-state index in [0.717, 1.165) is 36.1 Å². The predicted octanol–water partition coefficient (Wildman–Crippen LogP) is 8.16. The highest BCUT2D eigenvalue weighted by molar-refractivity contribution is 5.87. The standard InChI is InChI=1S/C27H39NO2/c1-5-7-9-11-16-23-17-14-20-26(24(23)18-12-10-8-6-2)30-27(29)28-25-19-13-15-21(3)22(25)4/h13-15,17,19-20H,5-12,16,18H2,1-4H3,(H,28,29). The number of nitrogens with one attached hydrogen (secondary N) is 1. The summed E-state index contributed by atoms with van der Waals surface area (Å²) in [5, 5.41) is 2.92. The molecule has 0 radical (unpaired) electrons. The van der Waals surface area contributed by atoms with E-state index in [1.165, 1.54) is 56.1 Å². The van der Waals surface area contributed by atoms with Gasteiger partial charge in [0.1, 0.15) is 5.75 Å². The monoisotopic (exact) mass is 409 g/mol. The van der Waals surface area contributed by atoms with Gasteiger partial charge < -0.3 is 4.74 Å². The Hall–Kier alpha value is -2.29. The average molecular weight is 410 g/mol. The molecular weight excluding hydrogens is 370 g/mol. The van der Waals surface area contributed by atoms with Crippen LogP contribution in [0.3, 0.4) is 0 Å². The second kappa shape index (κ2) is 13.1. The Bertz CT molecular complexity index is 797. The lowest BCUT2D eigenvalue weighted by molar-refractivity contribution is 0.214. The average Bonchev–Trinajstić information content (AvgIpc) is 2.73. The van der Waals surface area contributed by atoms with E-state index in [1.54, 1.807) is 0 Å². The number of benzene rings is 2. The smallest absolute Gasteiger partial charge is 0.410 e. The van der Waals surface area contributed by atoms with Crippen molar-refractivity contribution in [2.75, 3.05) is 5.32 Å². The maximum absolute atomic E-state index is 12.7. The predicted molar refractivity (Wildman–Crippen MR) is 128 cm³/mol. The van der Waals surface area contributed by atoms with Crippen LogP contribution in [0.5, 0.6) is 5.75 Å². The van der Waals surface area contributed by atoms with Crippen LogP contribution in [0.15, 0.2) is 36.4 Å². The Labute approximate surface area is 183 Å². The van der Waals surface area contributed by atoms with Crippen molar-refractivity contribution in [3.63, 3.8) is 0 Å². The first kappa shape index (κ1) is 24.0. The molecule has 30 heavy (non-hydrogen) atoms. The maximum atomic E-state index is 12.7. The van der Waals surface area contributed by atoms with Gasteiger partial charge in [-0.25, -0.2) is 4.79 Å². The summed E-state index contributed by atoms with van der Waals surface area (Å²) in [5.74, 6) is 0.710. The first-order valence-corrected chi connectivity index (χ1v) is 11.7. The van der Waals surface area contributed by atoms with Gasteiger partial charge in [0.15, 0.2) is 0 Å². The molecule has 0 saturated heterocycles. The zero-order chi connectivity index (χ0) is 21.8. The summed E-state index contributed by atoms with van der Waals surface area (Å²) in [6, 6.07) is 12.1. The molecule has 164 valence electrons. The molecule has 0 saturated carbocycles. The van der Waals surface area contributed by atoms with Crippen molar-refractivity contribution < 1.29 is 9.53 Å². The van der Waals surface area contributed by atoms with Crippen LogP contribution in [0.4, 0.5) is 10.5 Å². The van der Waals surface area contributed by atoms with Crippen molar-refractivity contribution >= 4 is 11.8 Å². The van der Waals surface area contributed by atoms with Crippen LogP contribution in [-0.2, 0) is 12.8 Å². The SMILES string of the molecule is CCCCCCc1cccc(OC(=O)Nc2cccc(C)c2C)c1CCCCCC. The normalized spacial score (nSPS) is 10.8. The molecule has 0 spiro atoms. The highest BCUT2D eigenvalue weighted by atomic mass is 16.6. The Morgan fingerprint density at radius 3 is 2.20 bits per heavy atom. The molecule has 1 amide bonds. The maximum Gasteiger partial charge on any atom is 0.417 e. The van der Waals surface area contributed by atoms with Crippen molar-refractivity contribution in [1.29, 1.82) is 0 Å². The minimum Gasteiger partial charge on any atom is -0.410 e. The Morgan fingerprint density at radius 1 is 0.833 bits per heavy atom. The van der Waals surface area contributed by atoms with Gasteiger partial charge in [0.05, 0.1) is 0 Å². The van der Waals surface area contributed by atoms with E-state index in [-0.39, 0.29) is 0 Å². The van der Waals surface area contributed by atoms with Crippen LogP contribution in [-0.4, -0.2) is 6.09 Å². The van der Waals surface area contributed by atoms with Gasteiger partial charge in [-0.15, -0.1) is 0 Å². The van der Waals surface area contributed by atoms with Gasteiger partial charge in [0, 0.05) is 5.69 Å². The molecule has 3 nitrogen and oxygen atoms in total. The number of hydrogen-bond acceptors (Lipinski definition) is 2. The van der Waals surface area contributed by atoms with Crippen LogP contribution < -0.4 is 10.1 Å². The topological polar surface area (TPSA) is 38.3 Å². The van der Waals surface area contributed by atoms with Gasteiger partial charge in [0.2, 0.25) is 0 Å². The first-order chi connectivity index (χ1) is 14.6. The van der Waals surface area contributed by atoms with Crippen LogP contribution >= 0.6 is 0 Å². The van der Waals surface area contributed by atoms with Crippen LogP contribution in [0.2, 0.25) is 0 Å². The van der Waals surface area contributed by atoms with E-state index in [1.807, 2.05) is 44.2 Å². The molecule has 0 unspecified atom stereocenters. The number of rotatable bonds is 12. The molecule has 0 bridgehead atoms. The molecule has 0 aliphatic heterocycles. The summed E-state index contributed by atoms with van der Waals surface area (Å²) >= 11 is 0. The van der Waals surface area contributed by atoms with E-state index >= 15 is 0 Å². The second-order valence-electron chi connectivity index (χ2n) is 8.28. The first-order valence-electron chi connectivity index (χ1n) is 11.7. The Balaban J connectivity index is 2.13. The fourth-order valence-electron chi connectivity index (χ4n) is 3.82. The molecule has 2 rings (SSSR count). The lowest BCUT2D eigenvalue weighted by atomic mass is 9.96. The second-order valence-corrected chi connectivity index (χ2v) is 8.28. The van der Waals surface area contributed by atoms with E-state index in [4.69, 9.17) is 4.74 Å². The quantitative estimate of drug-likeness (QED) is 0.359. The summed E-state index contributed by atoms with van der Waals surface area (Å²) < 4.78 is 5.82. The van der Waals surface area contributed by atoms with E-state index in [2.05, 4.69) is 25.2 Å². The minimum absolute atomic E-state index is 0.415. The van der Waals surface area contributed by atoms with Gasteiger partial charge in [-0.2, -0.15) is 0 Å². The molecule has 0 atom stereocenters. The van der Waals surface area contributed by atoms with Gasteiger partial charge in [-0.1, -0.05) is 76.6 Å². The minimum atomic E-state index is -0.415. The summed E-state index contributed by atoms with van der Waals surface area (Å²) in [6.45, 7) is 8.53. The third-order valence-corrected chi connectivity index (χ3v) is 5.85. The summed E-state index contributed by atoms with van der Waals surface area (Å²) in [5.41, 5.74) is 5.57. The summed E-state index contributed by atoms with van der Waals surface area (Å²) in [7, 11) is 0. The summed E-state index contributed by atoms with van der Waals surface area (Å²) in [6.07, 6.45) is 11.4. The number of carbonyl (C=O) groups excluding carboxylic acids is 1. The number of aryl methyl sites for hydroxylation is 2. The van der Waals surface area contributed by atoms with Crippen molar-refractivity contribution in [3.05, 3.63) is 58.7 Å². The van der Waals surface area contributed by atoms with Crippen LogP contribution in [0.1, 0.15) is 87.5 Å². The van der Waals surface area contributed by atoms with Gasteiger partial charge in [0.25, 0.3) is 0 Å². The number of ether oxygens (including phenoxy) is 1. The Morgan fingerprint density at radius 2 is 1.50 bits per heavy atom. The van der Waals surface area contributed by atoms with E-state index < -0.39 is 6.09 Å². The number of unbranched alkanes of at least 4 members (excludes halogenated alkanes) is 6. The largest absolute Gasteiger partial charge is 0.417 e. The molecule has 1 N–H and O–H groups in total. The molecular formula is C27H39NO2. The van der Waals surface area contributed by atoms with E-state index in [9.17, 15) is 4.79 Å². The molecule has 2 aromatic rings. The summed E-state index contributed by atoms with van der Waals surface area (Å²) in [4.78, 5) is 12.7. The number of carbonyl (C=O) groups is 1. The number of anilines is 1. The third-order valence-electron chi connectivity index (χ3n) is 5.85. The number of amides is 1. The fourth-order valence-corrected chi connectivity index (χ4v) is 3.82. The zero-order valence-corrected chi connectivity index (χ0v) is 19.4. The lowest BCUT2D eigenvalue weighted by Crippen LogP contribution is -2.18. The lowest BCUT2D eigenvalue weighted by Gasteiger charge is -2.16. The molecule has 0 fully saturated rings. The number of hydrogen-bond donors (Lipinski definition) is 1. The molecule has 0 heterocycles. The molecule has 0 aliphatic carbocycles. The molecule has 3 heteroatoms. The van der Waals surface area contributed by atoms with Gasteiger partial charge in [-0.3, -0.25) is 5.32 Å². The molecule has 2 aromatic carbocycles. The fraction of sp³-hybridized carbons (Fsp3) is 0.519. The Kier molecular flexibility index (Phi) is 10.5. The van der Waals surface area contributed by atoms with Crippen molar-refractivity contribution in [3.8, 4) is 5.75 Å². The zero-order valence-electron chi connectivity index (χ0n) is 19.4. The van der Waals surface area contributed by atoms with E-state index in [0.29, 0.717) is 5.75 Å². The highest BCUT2D eigenvalue weighted by Crippen LogP contribution is 2.27. The molecule has 0 aliphatic rings. The van der Waals surface area contributed by atoms with Gasteiger partial charge in [-0.05, 0) is 73.9 Å². The van der Waals surface area contributed by atoms with Crippen molar-refractivity contribution in [2.24, 2.45) is 0 Å². The van der Waals surface area contributed by atoms with Gasteiger partial charge >= 0.3 is 6.09 Å². The van der Waals surface area contributed by atoms with Crippen molar-refractivity contribution in [1.82, 2.24) is 0 Å². The molecule has 0 aromatic heterocycles. The van der Waals surface area contributed by atoms with Crippen LogP contribution in [0.25, 0.3) is 0 Å². The third kappa shape index (κ3) is 7.51. The van der Waals surface area contributed by atoms with Crippen LogP contribution in [0, 0.1) is 13.8 Å². The highest BCUT2D eigenvalue weighted by Gasteiger charge is 2.14. The van der Waals surface area contributed by atoms with Crippen molar-refractivity contribution in [2.45, 2.75) is 91.9 Å².